The summed E-state index contributed by atoms with van der Waals surface area (Å²) in [6.45, 7) is 0.155. The highest BCUT2D eigenvalue weighted by molar-refractivity contribution is 9.10. The molecule has 34 heavy (non-hydrogen) atoms. The number of benzene rings is 4. The summed E-state index contributed by atoms with van der Waals surface area (Å²) in [5, 5.41) is 1.80. The summed E-state index contributed by atoms with van der Waals surface area (Å²) in [6.07, 6.45) is 0. The molecular weight excluding hydrogens is 516 g/mol. The lowest BCUT2D eigenvalue weighted by Crippen LogP contribution is -2.46. The van der Waals surface area contributed by atoms with E-state index in [9.17, 15) is 14.4 Å². The van der Waals surface area contributed by atoms with Crippen LogP contribution in [-0.4, -0.2) is 35.7 Å². The van der Waals surface area contributed by atoms with Crippen molar-refractivity contribution in [3.63, 3.8) is 0 Å². The maximum atomic E-state index is 13.4. The molecule has 0 unspecified atom stereocenters. The molecule has 0 bridgehead atoms. The Labute approximate surface area is 209 Å². The van der Waals surface area contributed by atoms with E-state index in [-0.39, 0.29) is 30.8 Å². The molecule has 4 aromatic rings. The first-order valence-electron chi connectivity index (χ1n) is 10.7. The van der Waals surface area contributed by atoms with Crippen LogP contribution in [0.2, 0.25) is 5.02 Å². The SMILES string of the molecule is O=C1c2cccc3c(Br)ccc(c23)C(=O)N1CCN(C(=O)c1ccccc1Cl)c1ccccc1. The highest BCUT2D eigenvalue weighted by atomic mass is 79.9. The Hall–Kier alpha value is -3.48. The maximum absolute atomic E-state index is 13.4. The van der Waals surface area contributed by atoms with Crippen LogP contribution in [-0.2, 0) is 0 Å². The normalized spacial score (nSPS) is 12.8. The molecule has 1 aliphatic heterocycles. The van der Waals surface area contributed by atoms with Crippen LogP contribution in [0.25, 0.3) is 10.8 Å². The fraction of sp³-hybridized carbons (Fsp3) is 0.0741. The molecule has 7 heteroatoms. The number of carbonyl (C=O) groups is 3. The number of rotatable bonds is 5. The van der Waals surface area contributed by atoms with Crippen molar-refractivity contribution in [3.8, 4) is 0 Å². The summed E-state index contributed by atoms with van der Waals surface area (Å²) in [7, 11) is 0. The monoisotopic (exact) mass is 532 g/mol. The second-order valence-electron chi connectivity index (χ2n) is 7.86. The van der Waals surface area contributed by atoms with Crippen molar-refractivity contribution in [1.29, 1.82) is 0 Å². The zero-order valence-electron chi connectivity index (χ0n) is 17.9. The summed E-state index contributed by atoms with van der Waals surface area (Å²) in [5.74, 6) is -1.06. The lowest BCUT2D eigenvalue weighted by Gasteiger charge is -2.30. The average molecular weight is 534 g/mol. The molecule has 1 aliphatic rings. The number of para-hydroxylation sites is 1. The van der Waals surface area contributed by atoms with Gasteiger partial charge in [0.05, 0.1) is 10.6 Å². The van der Waals surface area contributed by atoms with E-state index in [0.29, 0.717) is 32.8 Å². The van der Waals surface area contributed by atoms with Gasteiger partial charge in [-0.1, -0.05) is 70.0 Å². The molecule has 0 fully saturated rings. The Kier molecular flexibility index (Phi) is 5.94. The Balaban J connectivity index is 1.49. The fourth-order valence-electron chi connectivity index (χ4n) is 4.25. The first-order valence-corrected chi connectivity index (χ1v) is 11.8. The number of imide groups is 1. The van der Waals surface area contributed by atoms with Crippen LogP contribution in [0, 0.1) is 0 Å². The van der Waals surface area contributed by atoms with Crippen molar-refractivity contribution in [3.05, 3.63) is 111 Å². The van der Waals surface area contributed by atoms with Gasteiger partial charge in [0, 0.05) is 39.8 Å². The van der Waals surface area contributed by atoms with E-state index >= 15 is 0 Å². The van der Waals surface area contributed by atoms with Gasteiger partial charge in [-0.2, -0.15) is 0 Å². The molecule has 5 rings (SSSR count). The van der Waals surface area contributed by atoms with E-state index in [0.717, 1.165) is 9.86 Å². The summed E-state index contributed by atoms with van der Waals surface area (Å²) in [4.78, 5) is 42.9. The lowest BCUT2D eigenvalue weighted by atomic mass is 9.94. The average Bonchev–Trinajstić information content (AvgIpc) is 2.86. The Morgan fingerprint density at radius 3 is 2.24 bits per heavy atom. The second kappa shape index (κ2) is 9.05. The molecule has 5 nitrogen and oxygen atoms in total. The van der Waals surface area contributed by atoms with Gasteiger partial charge < -0.3 is 4.90 Å². The number of halogens is 2. The maximum Gasteiger partial charge on any atom is 0.261 e. The largest absolute Gasteiger partial charge is 0.307 e. The molecule has 0 atom stereocenters. The van der Waals surface area contributed by atoms with Crippen molar-refractivity contribution < 1.29 is 14.4 Å². The standard InChI is InChI=1S/C27H18BrClN2O3/c28-22-14-13-21-24-18(22)10-6-11-20(24)26(33)31(27(21)34)16-15-30(17-7-2-1-3-8-17)25(32)19-9-4-5-12-23(19)29/h1-14H,15-16H2. The summed E-state index contributed by atoms with van der Waals surface area (Å²) in [5.41, 5.74) is 1.94. The van der Waals surface area contributed by atoms with E-state index in [1.54, 1.807) is 47.4 Å². The van der Waals surface area contributed by atoms with Crippen molar-refractivity contribution in [2.75, 3.05) is 18.0 Å². The van der Waals surface area contributed by atoms with E-state index < -0.39 is 0 Å². The molecule has 0 saturated heterocycles. The van der Waals surface area contributed by atoms with Gasteiger partial charge >= 0.3 is 0 Å². The van der Waals surface area contributed by atoms with Crippen molar-refractivity contribution in [2.45, 2.75) is 0 Å². The van der Waals surface area contributed by atoms with Crippen molar-refractivity contribution >= 4 is 61.7 Å². The molecule has 3 amide bonds. The first kappa shape index (κ1) is 22.3. The Morgan fingerprint density at radius 2 is 1.50 bits per heavy atom. The molecular formula is C27H18BrClN2O3. The molecule has 4 aromatic carbocycles. The minimum absolute atomic E-state index is 0.0364. The number of hydrogen-bond donors (Lipinski definition) is 0. The third kappa shape index (κ3) is 3.79. The smallest absolute Gasteiger partial charge is 0.261 e. The van der Waals surface area contributed by atoms with Gasteiger partial charge in [-0.05, 0) is 47.9 Å². The molecule has 0 spiro atoms. The highest BCUT2D eigenvalue weighted by Gasteiger charge is 2.34. The van der Waals surface area contributed by atoms with Crippen LogP contribution in [0.1, 0.15) is 31.1 Å². The van der Waals surface area contributed by atoms with Crippen molar-refractivity contribution in [2.24, 2.45) is 0 Å². The number of hydrogen-bond acceptors (Lipinski definition) is 3. The summed E-state index contributed by atoms with van der Waals surface area (Å²) >= 11 is 9.79. The molecule has 0 aliphatic carbocycles. The van der Waals surface area contributed by atoms with E-state index in [1.165, 1.54) is 4.90 Å². The number of anilines is 1. The van der Waals surface area contributed by atoms with Crippen LogP contribution in [0.4, 0.5) is 5.69 Å². The van der Waals surface area contributed by atoms with Gasteiger partial charge in [-0.3, -0.25) is 19.3 Å². The van der Waals surface area contributed by atoms with Crippen molar-refractivity contribution in [1.82, 2.24) is 4.90 Å². The number of amides is 3. The van der Waals surface area contributed by atoms with Gasteiger partial charge in [-0.15, -0.1) is 0 Å². The second-order valence-corrected chi connectivity index (χ2v) is 9.12. The number of nitrogens with zero attached hydrogens (tertiary/aromatic N) is 2. The van der Waals surface area contributed by atoms with Gasteiger partial charge in [0.15, 0.2) is 0 Å². The van der Waals surface area contributed by atoms with Crippen LogP contribution in [0.5, 0.6) is 0 Å². The Morgan fingerprint density at radius 1 is 0.824 bits per heavy atom. The zero-order valence-corrected chi connectivity index (χ0v) is 20.2. The van der Waals surface area contributed by atoms with Gasteiger partial charge in [0.2, 0.25) is 0 Å². The molecule has 0 N–H and O–H groups in total. The predicted molar refractivity (Wildman–Crippen MR) is 137 cm³/mol. The lowest BCUT2D eigenvalue weighted by molar-refractivity contribution is 0.0611. The fourth-order valence-corrected chi connectivity index (χ4v) is 4.93. The zero-order chi connectivity index (χ0) is 23.8. The molecule has 0 aromatic heterocycles. The topological polar surface area (TPSA) is 57.7 Å². The molecule has 0 radical (unpaired) electrons. The minimum atomic E-state index is -0.376. The first-order chi connectivity index (χ1) is 16.5. The summed E-state index contributed by atoms with van der Waals surface area (Å²) < 4.78 is 0.822. The van der Waals surface area contributed by atoms with E-state index in [2.05, 4.69) is 15.9 Å². The van der Waals surface area contributed by atoms with Crippen LogP contribution < -0.4 is 4.90 Å². The van der Waals surface area contributed by atoms with Gasteiger partial charge in [0.25, 0.3) is 17.7 Å². The van der Waals surface area contributed by atoms with E-state index in [4.69, 9.17) is 11.6 Å². The number of carbonyl (C=O) groups excluding carboxylic acids is 3. The highest BCUT2D eigenvalue weighted by Crippen LogP contribution is 2.34. The van der Waals surface area contributed by atoms with Crippen LogP contribution in [0.3, 0.4) is 0 Å². The molecule has 1 heterocycles. The third-order valence-electron chi connectivity index (χ3n) is 5.90. The predicted octanol–water partition coefficient (Wildman–Crippen LogP) is 6.20. The third-order valence-corrected chi connectivity index (χ3v) is 6.92. The quantitative estimate of drug-likeness (QED) is 0.287. The van der Waals surface area contributed by atoms with Crippen LogP contribution >= 0.6 is 27.5 Å². The molecule has 168 valence electrons. The molecule has 0 saturated carbocycles. The Bertz CT molecular complexity index is 1430. The van der Waals surface area contributed by atoms with Gasteiger partial charge in [-0.25, -0.2) is 0 Å². The summed E-state index contributed by atoms with van der Waals surface area (Å²) in [6, 6.07) is 24.9. The van der Waals surface area contributed by atoms with Gasteiger partial charge in [0.1, 0.15) is 0 Å². The van der Waals surface area contributed by atoms with Crippen LogP contribution in [0.15, 0.2) is 89.4 Å². The minimum Gasteiger partial charge on any atom is -0.307 e. The van der Waals surface area contributed by atoms with E-state index in [1.807, 2.05) is 42.5 Å².